The molecule has 0 amide bonds. The summed E-state index contributed by atoms with van der Waals surface area (Å²) in [5.41, 5.74) is 1.39. The SMILES string of the molecule is CCCCCCCCCC/C(=C/OC(C)=O)C1CCCCC1. The Bertz CT molecular complexity index is 314. The first-order valence-corrected chi connectivity index (χ1v) is 9.60. The smallest absolute Gasteiger partial charge is 0.307 e. The van der Waals surface area contributed by atoms with E-state index in [1.54, 1.807) is 6.26 Å². The lowest BCUT2D eigenvalue weighted by atomic mass is 9.82. The number of unbranched alkanes of at least 4 members (excludes halogenated alkanes) is 7. The van der Waals surface area contributed by atoms with E-state index in [2.05, 4.69) is 6.92 Å². The van der Waals surface area contributed by atoms with E-state index < -0.39 is 0 Å². The maximum absolute atomic E-state index is 11.1. The van der Waals surface area contributed by atoms with Crippen molar-refractivity contribution in [2.24, 2.45) is 5.92 Å². The van der Waals surface area contributed by atoms with Gasteiger partial charge in [0.15, 0.2) is 0 Å². The molecule has 0 heterocycles. The molecule has 0 aromatic rings. The lowest BCUT2D eigenvalue weighted by Gasteiger charge is -2.24. The van der Waals surface area contributed by atoms with Gasteiger partial charge in [-0.15, -0.1) is 0 Å². The number of carbonyl (C=O) groups excluding carboxylic acids is 1. The lowest BCUT2D eigenvalue weighted by Crippen LogP contribution is -2.10. The molecule has 1 aliphatic carbocycles. The van der Waals surface area contributed by atoms with Crippen LogP contribution in [0.4, 0.5) is 0 Å². The first-order valence-electron chi connectivity index (χ1n) is 9.60. The highest BCUT2D eigenvalue weighted by molar-refractivity contribution is 5.66. The number of hydrogen-bond donors (Lipinski definition) is 0. The summed E-state index contributed by atoms with van der Waals surface area (Å²) in [5, 5.41) is 0. The summed E-state index contributed by atoms with van der Waals surface area (Å²) in [7, 11) is 0. The van der Waals surface area contributed by atoms with Crippen LogP contribution >= 0.6 is 0 Å². The Morgan fingerprint density at radius 1 is 0.955 bits per heavy atom. The predicted molar refractivity (Wildman–Crippen MR) is 93.7 cm³/mol. The van der Waals surface area contributed by atoms with Crippen LogP contribution < -0.4 is 0 Å². The van der Waals surface area contributed by atoms with Gasteiger partial charge in [-0.2, -0.15) is 0 Å². The van der Waals surface area contributed by atoms with Gasteiger partial charge in [-0.25, -0.2) is 0 Å². The predicted octanol–water partition coefficient (Wildman–Crippen LogP) is 6.54. The van der Waals surface area contributed by atoms with Gasteiger partial charge >= 0.3 is 5.97 Å². The molecule has 0 N–H and O–H groups in total. The topological polar surface area (TPSA) is 26.3 Å². The molecule has 2 heteroatoms. The molecule has 0 radical (unpaired) electrons. The Morgan fingerprint density at radius 3 is 2.14 bits per heavy atom. The Labute approximate surface area is 137 Å². The van der Waals surface area contributed by atoms with Crippen molar-refractivity contribution in [2.75, 3.05) is 0 Å². The highest BCUT2D eigenvalue weighted by atomic mass is 16.5. The maximum atomic E-state index is 11.1. The summed E-state index contributed by atoms with van der Waals surface area (Å²) < 4.78 is 5.18. The van der Waals surface area contributed by atoms with Crippen LogP contribution in [0.15, 0.2) is 11.8 Å². The van der Waals surface area contributed by atoms with Gasteiger partial charge in [-0.1, -0.05) is 71.1 Å². The zero-order valence-corrected chi connectivity index (χ0v) is 14.9. The molecule has 22 heavy (non-hydrogen) atoms. The lowest BCUT2D eigenvalue weighted by molar-refractivity contribution is -0.135. The second-order valence-electron chi connectivity index (χ2n) is 6.86. The van der Waals surface area contributed by atoms with Crippen LogP contribution in [0.2, 0.25) is 0 Å². The molecule has 2 nitrogen and oxygen atoms in total. The first-order chi connectivity index (χ1) is 10.7. The van der Waals surface area contributed by atoms with Crippen LogP contribution in [-0.2, 0) is 9.53 Å². The molecule has 0 saturated heterocycles. The van der Waals surface area contributed by atoms with Crippen molar-refractivity contribution in [2.45, 2.75) is 104 Å². The molecule has 1 aliphatic rings. The molecule has 0 spiro atoms. The van der Waals surface area contributed by atoms with Gasteiger partial charge in [-0.3, -0.25) is 4.79 Å². The fraction of sp³-hybridized carbons (Fsp3) is 0.850. The third kappa shape index (κ3) is 9.27. The van der Waals surface area contributed by atoms with E-state index in [9.17, 15) is 4.79 Å². The van der Waals surface area contributed by atoms with Crippen molar-refractivity contribution in [3.05, 3.63) is 11.8 Å². The molecular formula is C20H36O2. The van der Waals surface area contributed by atoms with Gasteiger partial charge in [0, 0.05) is 6.92 Å². The summed E-state index contributed by atoms with van der Waals surface area (Å²) in [6, 6.07) is 0. The van der Waals surface area contributed by atoms with Gasteiger partial charge in [-0.05, 0) is 37.2 Å². The van der Waals surface area contributed by atoms with E-state index in [1.807, 2.05) is 0 Å². The summed E-state index contributed by atoms with van der Waals surface area (Å²) in [6.45, 7) is 3.76. The van der Waals surface area contributed by atoms with Crippen molar-refractivity contribution in [1.29, 1.82) is 0 Å². The highest BCUT2D eigenvalue weighted by Gasteiger charge is 2.18. The number of rotatable bonds is 11. The molecule has 1 rings (SSSR count). The fourth-order valence-electron chi connectivity index (χ4n) is 3.45. The van der Waals surface area contributed by atoms with E-state index in [4.69, 9.17) is 4.74 Å². The highest BCUT2D eigenvalue weighted by Crippen LogP contribution is 2.32. The number of hydrogen-bond acceptors (Lipinski definition) is 2. The summed E-state index contributed by atoms with van der Waals surface area (Å²) in [5.74, 6) is 0.474. The Hall–Kier alpha value is -0.790. The fourth-order valence-corrected chi connectivity index (χ4v) is 3.45. The monoisotopic (exact) mass is 308 g/mol. The minimum atomic E-state index is -0.191. The van der Waals surface area contributed by atoms with E-state index in [-0.39, 0.29) is 5.97 Å². The molecule has 0 bridgehead atoms. The van der Waals surface area contributed by atoms with Crippen molar-refractivity contribution >= 4 is 5.97 Å². The maximum Gasteiger partial charge on any atom is 0.307 e. The van der Waals surface area contributed by atoms with E-state index in [1.165, 1.54) is 96.0 Å². The zero-order chi connectivity index (χ0) is 16.0. The molecule has 0 unspecified atom stereocenters. The summed E-state index contributed by atoms with van der Waals surface area (Å²) >= 11 is 0. The van der Waals surface area contributed by atoms with Gasteiger partial charge in [0.05, 0.1) is 6.26 Å². The zero-order valence-electron chi connectivity index (χ0n) is 14.9. The van der Waals surface area contributed by atoms with Crippen molar-refractivity contribution in [3.63, 3.8) is 0 Å². The molecule has 0 aromatic carbocycles. The van der Waals surface area contributed by atoms with Gasteiger partial charge in [0.25, 0.3) is 0 Å². The van der Waals surface area contributed by atoms with Crippen molar-refractivity contribution in [1.82, 2.24) is 0 Å². The van der Waals surface area contributed by atoms with E-state index in [0.29, 0.717) is 5.92 Å². The second-order valence-corrected chi connectivity index (χ2v) is 6.86. The molecule has 1 saturated carbocycles. The standard InChI is InChI=1S/C20H36O2/c1-3-4-5-6-7-8-9-11-16-20(17-22-18(2)21)19-14-12-10-13-15-19/h17,19H,3-16H2,1-2H3/b20-17-. The molecule has 0 aliphatic heterocycles. The molecule has 128 valence electrons. The average molecular weight is 309 g/mol. The van der Waals surface area contributed by atoms with E-state index >= 15 is 0 Å². The minimum absolute atomic E-state index is 0.191. The first kappa shape index (κ1) is 19.3. The largest absolute Gasteiger partial charge is 0.435 e. The molecular weight excluding hydrogens is 272 g/mol. The van der Waals surface area contributed by atoms with Gasteiger partial charge in [0.1, 0.15) is 0 Å². The minimum Gasteiger partial charge on any atom is -0.435 e. The number of esters is 1. The Kier molecular flexibility index (Phi) is 11.1. The normalized spacial score (nSPS) is 16.7. The van der Waals surface area contributed by atoms with Crippen molar-refractivity contribution < 1.29 is 9.53 Å². The molecule has 0 aromatic heterocycles. The van der Waals surface area contributed by atoms with Gasteiger partial charge in [0.2, 0.25) is 0 Å². The average Bonchev–Trinajstić information content (AvgIpc) is 2.53. The van der Waals surface area contributed by atoms with Crippen LogP contribution in [0.25, 0.3) is 0 Å². The number of ether oxygens (including phenoxy) is 1. The summed E-state index contributed by atoms with van der Waals surface area (Å²) in [6.07, 6.45) is 20.3. The van der Waals surface area contributed by atoms with Crippen LogP contribution in [0.1, 0.15) is 104 Å². The third-order valence-electron chi connectivity index (χ3n) is 4.82. The third-order valence-corrected chi connectivity index (χ3v) is 4.82. The van der Waals surface area contributed by atoms with Crippen molar-refractivity contribution in [3.8, 4) is 0 Å². The summed E-state index contributed by atoms with van der Waals surface area (Å²) in [4.78, 5) is 11.1. The van der Waals surface area contributed by atoms with Gasteiger partial charge < -0.3 is 4.74 Å². The second kappa shape index (κ2) is 12.7. The number of allylic oxidation sites excluding steroid dienone is 1. The molecule has 0 atom stereocenters. The van der Waals surface area contributed by atoms with Crippen LogP contribution in [0.3, 0.4) is 0 Å². The Balaban J connectivity index is 2.22. The Morgan fingerprint density at radius 2 is 1.55 bits per heavy atom. The molecule has 1 fully saturated rings. The van der Waals surface area contributed by atoms with Crippen LogP contribution in [-0.4, -0.2) is 5.97 Å². The number of carbonyl (C=O) groups is 1. The van der Waals surface area contributed by atoms with Crippen LogP contribution in [0, 0.1) is 5.92 Å². The quantitative estimate of drug-likeness (QED) is 0.246. The van der Waals surface area contributed by atoms with E-state index in [0.717, 1.165) is 6.42 Å². The van der Waals surface area contributed by atoms with Crippen LogP contribution in [0.5, 0.6) is 0 Å².